The second-order valence-corrected chi connectivity index (χ2v) is 8.31. The average Bonchev–Trinajstić information content (AvgIpc) is 3.09. The zero-order valence-corrected chi connectivity index (χ0v) is 15.5. The molecular formula is C17H25N3O4S. The first-order chi connectivity index (χ1) is 11.8. The van der Waals surface area contributed by atoms with Crippen molar-refractivity contribution in [1.82, 2.24) is 14.5 Å². The number of hydrogen-bond acceptors (Lipinski definition) is 4. The molecule has 1 aromatic carbocycles. The first-order valence-electron chi connectivity index (χ1n) is 8.38. The maximum Gasteiger partial charge on any atom is 0.243 e. The quantitative estimate of drug-likeness (QED) is 0.770. The summed E-state index contributed by atoms with van der Waals surface area (Å²) in [6, 6.07) is 6.47. The van der Waals surface area contributed by atoms with Gasteiger partial charge in [0.25, 0.3) is 0 Å². The van der Waals surface area contributed by atoms with Crippen LogP contribution < -0.4 is 5.32 Å². The van der Waals surface area contributed by atoms with Crippen LogP contribution in [0.5, 0.6) is 0 Å². The Kier molecular flexibility index (Phi) is 6.55. The summed E-state index contributed by atoms with van der Waals surface area (Å²) in [4.78, 5) is 25.8. The first-order valence-corrected chi connectivity index (χ1v) is 9.82. The number of sulfonamides is 1. The average molecular weight is 367 g/mol. The van der Waals surface area contributed by atoms with Crippen molar-refractivity contribution in [3.63, 3.8) is 0 Å². The summed E-state index contributed by atoms with van der Waals surface area (Å²) in [7, 11) is -2.34. The molecule has 0 aliphatic carbocycles. The van der Waals surface area contributed by atoms with E-state index in [2.05, 4.69) is 5.32 Å². The molecule has 0 bridgehead atoms. The van der Waals surface area contributed by atoms with Crippen molar-refractivity contribution in [1.29, 1.82) is 0 Å². The largest absolute Gasteiger partial charge is 0.354 e. The molecule has 1 aromatic rings. The molecule has 2 rings (SSSR count). The van der Waals surface area contributed by atoms with Crippen molar-refractivity contribution in [3.05, 3.63) is 29.8 Å². The molecule has 0 aromatic heterocycles. The maximum atomic E-state index is 12.4. The number of nitrogens with zero attached hydrogens (tertiary/aromatic N) is 2. The number of rotatable bonds is 7. The molecule has 138 valence electrons. The third-order valence-electron chi connectivity index (χ3n) is 4.22. The Hall–Kier alpha value is -1.93. The highest BCUT2D eigenvalue weighted by Crippen LogP contribution is 2.14. The normalized spacial score (nSPS) is 14.8. The fourth-order valence-corrected chi connectivity index (χ4v) is 3.79. The molecule has 1 heterocycles. The Morgan fingerprint density at radius 2 is 1.76 bits per heavy atom. The lowest BCUT2D eigenvalue weighted by atomic mass is 10.2. The highest BCUT2D eigenvalue weighted by atomic mass is 32.2. The van der Waals surface area contributed by atoms with E-state index in [0.717, 1.165) is 35.8 Å². The van der Waals surface area contributed by atoms with E-state index in [1.165, 1.54) is 19.2 Å². The topological polar surface area (TPSA) is 86.8 Å². The fourth-order valence-electron chi connectivity index (χ4n) is 2.67. The third kappa shape index (κ3) is 5.27. The molecular weight excluding hydrogens is 342 g/mol. The molecule has 1 aliphatic rings. The highest BCUT2D eigenvalue weighted by Gasteiger charge is 2.23. The molecule has 0 unspecified atom stereocenters. The molecule has 7 nitrogen and oxygen atoms in total. The van der Waals surface area contributed by atoms with Gasteiger partial charge in [-0.3, -0.25) is 9.59 Å². The van der Waals surface area contributed by atoms with Crippen molar-refractivity contribution in [2.75, 3.05) is 33.2 Å². The lowest BCUT2D eigenvalue weighted by Crippen LogP contribution is -2.39. The van der Waals surface area contributed by atoms with Crippen LogP contribution in [0, 0.1) is 6.92 Å². The molecule has 0 spiro atoms. The Bertz CT molecular complexity index is 710. The van der Waals surface area contributed by atoms with Crippen LogP contribution in [0.3, 0.4) is 0 Å². The molecule has 0 saturated carbocycles. The van der Waals surface area contributed by atoms with Gasteiger partial charge in [0.1, 0.15) is 0 Å². The molecule has 25 heavy (non-hydrogen) atoms. The van der Waals surface area contributed by atoms with E-state index < -0.39 is 15.9 Å². The van der Waals surface area contributed by atoms with E-state index in [4.69, 9.17) is 0 Å². The molecule has 8 heteroatoms. The highest BCUT2D eigenvalue weighted by molar-refractivity contribution is 7.89. The molecule has 1 saturated heterocycles. The number of nitrogens with one attached hydrogen (secondary N) is 1. The fraction of sp³-hybridized carbons (Fsp3) is 0.529. The van der Waals surface area contributed by atoms with Gasteiger partial charge in [-0.1, -0.05) is 17.7 Å². The van der Waals surface area contributed by atoms with Gasteiger partial charge in [0, 0.05) is 33.1 Å². The number of likely N-dealkylation sites (N-methyl/N-ethyl adjacent to an activating group) is 1. The van der Waals surface area contributed by atoms with E-state index in [-0.39, 0.29) is 30.3 Å². The van der Waals surface area contributed by atoms with Gasteiger partial charge >= 0.3 is 0 Å². The Morgan fingerprint density at radius 3 is 2.36 bits per heavy atom. The summed E-state index contributed by atoms with van der Waals surface area (Å²) in [5.74, 6) is -0.397. The minimum Gasteiger partial charge on any atom is -0.354 e. The van der Waals surface area contributed by atoms with Gasteiger partial charge in [-0.2, -0.15) is 4.31 Å². The number of carbonyl (C=O) groups is 2. The Balaban J connectivity index is 1.80. The lowest BCUT2D eigenvalue weighted by Gasteiger charge is -2.18. The van der Waals surface area contributed by atoms with Crippen molar-refractivity contribution in [3.8, 4) is 0 Å². The van der Waals surface area contributed by atoms with E-state index >= 15 is 0 Å². The van der Waals surface area contributed by atoms with Crippen LogP contribution in [0.15, 0.2) is 29.2 Å². The standard InChI is InChI=1S/C17H25N3O4S/c1-14-5-7-15(8-6-14)25(23,24)19(2)13-16(21)18-10-9-17(22)20-11-3-4-12-20/h5-8H,3-4,9-13H2,1-2H3,(H,18,21). The van der Waals surface area contributed by atoms with Gasteiger partial charge in [-0.15, -0.1) is 0 Å². The summed E-state index contributed by atoms with van der Waals surface area (Å²) in [5.41, 5.74) is 0.960. The third-order valence-corrected chi connectivity index (χ3v) is 6.03. The van der Waals surface area contributed by atoms with Crippen molar-refractivity contribution in [2.45, 2.75) is 31.1 Å². The van der Waals surface area contributed by atoms with E-state index in [1.807, 2.05) is 6.92 Å². The minimum atomic E-state index is -3.71. The number of hydrogen-bond donors (Lipinski definition) is 1. The summed E-state index contributed by atoms with van der Waals surface area (Å²) in [6.07, 6.45) is 2.29. The van der Waals surface area contributed by atoms with Crippen molar-refractivity contribution >= 4 is 21.8 Å². The number of aryl methyl sites for hydroxylation is 1. The first kappa shape index (κ1) is 19.4. The second kappa shape index (κ2) is 8.44. The molecule has 2 amide bonds. The summed E-state index contributed by atoms with van der Waals surface area (Å²) in [5, 5.41) is 2.61. The molecule has 0 radical (unpaired) electrons. The molecule has 1 aliphatic heterocycles. The molecule has 1 N–H and O–H groups in total. The lowest BCUT2D eigenvalue weighted by molar-refractivity contribution is -0.130. The van der Waals surface area contributed by atoms with Crippen LogP contribution in [0.4, 0.5) is 0 Å². The maximum absolute atomic E-state index is 12.4. The second-order valence-electron chi connectivity index (χ2n) is 6.26. The SMILES string of the molecule is Cc1ccc(S(=O)(=O)N(C)CC(=O)NCCC(=O)N2CCCC2)cc1. The Labute approximate surface area is 149 Å². The number of benzene rings is 1. The van der Waals surface area contributed by atoms with Crippen LogP contribution in [0.1, 0.15) is 24.8 Å². The number of likely N-dealkylation sites (tertiary alicyclic amines) is 1. The van der Waals surface area contributed by atoms with Crippen LogP contribution in [-0.2, 0) is 19.6 Å². The van der Waals surface area contributed by atoms with Crippen molar-refractivity contribution in [2.24, 2.45) is 0 Å². The van der Waals surface area contributed by atoms with Crippen LogP contribution in [0.2, 0.25) is 0 Å². The van der Waals surface area contributed by atoms with Gasteiger partial charge in [-0.05, 0) is 31.9 Å². The van der Waals surface area contributed by atoms with Gasteiger partial charge in [-0.25, -0.2) is 8.42 Å². The predicted octanol–water partition coefficient (Wildman–Crippen LogP) is 0.744. The van der Waals surface area contributed by atoms with Gasteiger partial charge in [0.05, 0.1) is 11.4 Å². The van der Waals surface area contributed by atoms with E-state index in [9.17, 15) is 18.0 Å². The molecule has 0 atom stereocenters. The van der Waals surface area contributed by atoms with Crippen molar-refractivity contribution < 1.29 is 18.0 Å². The van der Waals surface area contributed by atoms with Gasteiger partial charge < -0.3 is 10.2 Å². The molecule has 1 fully saturated rings. The summed E-state index contributed by atoms with van der Waals surface area (Å²) in [6.45, 7) is 3.37. The summed E-state index contributed by atoms with van der Waals surface area (Å²) < 4.78 is 25.8. The van der Waals surface area contributed by atoms with Crippen LogP contribution in [0.25, 0.3) is 0 Å². The van der Waals surface area contributed by atoms with Crippen LogP contribution in [-0.4, -0.2) is 62.7 Å². The number of amides is 2. The summed E-state index contributed by atoms with van der Waals surface area (Å²) >= 11 is 0. The predicted molar refractivity (Wildman–Crippen MR) is 94.4 cm³/mol. The van der Waals surface area contributed by atoms with E-state index in [0.29, 0.717) is 0 Å². The van der Waals surface area contributed by atoms with Gasteiger partial charge in [0.2, 0.25) is 21.8 Å². The van der Waals surface area contributed by atoms with E-state index in [1.54, 1.807) is 17.0 Å². The van der Waals surface area contributed by atoms with Gasteiger partial charge in [0.15, 0.2) is 0 Å². The zero-order valence-electron chi connectivity index (χ0n) is 14.7. The van der Waals surface area contributed by atoms with Crippen LogP contribution >= 0.6 is 0 Å². The smallest absolute Gasteiger partial charge is 0.243 e. The number of carbonyl (C=O) groups excluding carboxylic acids is 2. The monoisotopic (exact) mass is 367 g/mol. The zero-order chi connectivity index (χ0) is 18.4. The minimum absolute atomic E-state index is 0.0263. The Morgan fingerprint density at radius 1 is 1.16 bits per heavy atom.